The van der Waals surface area contributed by atoms with Crippen LogP contribution in [0.3, 0.4) is 0 Å². The van der Waals surface area contributed by atoms with E-state index in [1.807, 2.05) is 60.7 Å². The lowest BCUT2D eigenvalue weighted by molar-refractivity contribution is -0.114. The van der Waals surface area contributed by atoms with Crippen LogP contribution in [0.2, 0.25) is 0 Å². The molecule has 2 aliphatic heterocycles. The normalized spacial score (nSPS) is 24.6. The van der Waals surface area contributed by atoms with Crippen molar-refractivity contribution in [1.29, 1.82) is 5.26 Å². The lowest BCUT2D eigenvalue weighted by atomic mass is 9.61. The van der Waals surface area contributed by atoms with Crippen LogP contribution in [0.5, 0.6) is 0 Å². The fourth-order valence-electron chi connectivity index (χ4n) is 3.80. The predicted molar refractivity (Wildman–Crippen MR) is 102 cm³/mol. The molecular weight excluding hydrogens is 344 g/mol. The van der Waals surface area contributed by atoms with E-state index in [1.165, 1.54) is 0 Å². The van der Waals surface area contributed by atoms with Crippen molar-refractivity contribution in [2.45, 2.75) is 5.41 Å². The summed E-state index contributed by atoms with van der Waals surface area (Å²) in [7, 11) is 0. The molecule has 2 aromatic carbocycles. The first-order chi connectivity index (χ1) is 12.6. The number of rotatable bonds is 2. The van der Waals surface area contributed by atoms with Gasteiger partial charge in [0.25, 0.3) is 5.91 Å². The number of carbonyl (C=O) groups excluding carboxylic acids is 1. The van der Waals surface area contributed by atoms with Gasteiger partial charge in [-0.05, 0) is 11.1 Å². The third-order valence-corrected chi connectivity index (χ3v) is 5.16. The van der Waals surface area contributed by atoms with Gasteiger partial charge in [-0.3, -0.25) is 4.79 Å². The molecule has 2 unspecified atom stereocenters. The van der Waals surface area contributed by atoms with Crippen LogP contribution in [0.1, 0.15) is 11.1 Å². The highest BCUT2D eigenvalue weighted by Crippen LogP contribution is 2.49. The van der Waals surface area contributed by atoms with E-state index in [9.17, 15) is 10.1 Å². The summed E-state index contributed by atoms with van der Waals surface area (Å²) in [4.78, 5) is 17.4. The van der Waals surface area contributed by atoms with Crippen LogP contribution < -0.4 is 11.1 Å². The zero-order valence-corrected chi connectivity index (χ0v) is 14.5. The Morgan fingerprint density at radius 2 is 1.73 bits per heavy atom. The minimum Gasteiger partial charge on any atom is -0.385 e. The number of hydrogen-bond acceptors (Lipinski definition) is 4. The second kappa shape index (κ2) is 5.90. The maximum absolute atomic E-state index is 12.8. The molecule has 0 spiro atoms. The summed E-state index contributed by atoms with van der Waals surface area (Å²) in [6.07, 6.45) is 0. The molecule has 0 bridgehead atoms. The van der Waals surface area contributed by atoms with E-state index >= 15 is 0 Å². The number of amides is 1. The number of carbonyl (C=O) groups is 1. The smallest absolute Gasteiger partial charge is 0.278 e. The molecule has 2 atom stereocenters. The molecule has 1 amide bonds. The van der Waals surface area contributed by atoms with Crippen molar-refractivity contribution in [3.8, 4) is 6.07 Å². The Labute approximate surface area is 155 Å². The molecule has 4 rings (SSSR count). The van der Waals surface area contributed by atoms with Crippen molar-refractivity contribution in [3.63, 3.8) is 0 Å². The van der Waals surface area contributed by atoms with Gasteiger partial charge in [0, 0.05) is 0 Å². The highest BCUT2D eigenvalue weighted by molar-refractivity contribution is 7.80. The summed E-state index contributed by atoms with van der Waals surface area (Å²) in [5.74, 6) is -1.09. The highest BCUT2D eigenvalue weighted by Gasteiger charge is 2.59. The number of nitrogens with two attached hydrogens (primary N) is 1. The number of nitriles is 1. The van der Waals surface area contributed by atoms with Crippen LogP contribution in [0.25, 0.3) is 0 Å². The van der Waals surface area contributed by atoms with Crippen LogP contribution in [0.15, 0.2) is 77.1 Å². The largest absolute Gasteiger partial charge is 0.385 e. The van der Waals surface area contributed by atoms with Crippen molar-refractivity contribution in [2.24, 2.45) is 16.6 Å². The number of nitrogens with zero attached hydrogens (tertiary/aromatic N) is 2. The van der Waals surface area contributed by atoms with Gasteiger partial charge in [0.05, 0.1) is 27.8 Å². The second-order valence-electron chi connectivity index (χ2n) is 6.15. The number of aliphatic imine (C=N–C) groups is 1. The van der Waals surface area contributed by atoms with Crippen molar-refractivity contribution >= 4 is 28.8 Å². The molecular formula is C20H14N4OS. The Bertz CT molecular complexity index is 1020. The minimum absolute atomic E-state index is 0.157. The third-order valence-electron chi connectivity index (χ3n) is 4.82. The molecule has 0 aliphatic carbocycles. The Morgan fingerprint density at radius 3 is 2.35 bits per heavy atom. The average Bonchev–Trinajstić information content (AvgIpc) is 2.98. The van der Waals surface area contributed by atoms with E-state index in [4.69, 9.17) is 18.0 Å². The van der Waals surface area contributed by atoms with E-state index in [0.29, 0.717) is 5.71 Å². The molecule has 2 heterocycles. The van der Waals surface area contributed by atoms with Gasteiger partial charge in [0.15, 0.2) is 0 Å². The van der Waals surface area contributed by atoms with Crippen molar-refractivity contribution in [1.82, 2.24) is 5.32 Å². The van der Waals surface area contributed by atoms with Gasteiger partial charge in [0.2, 0.25) is 0 Å². The van der Waals surface area contributed by atoms with Crippen LogP contribution in [-0.2, 0) is 10.2 Å². The van der Waals surface area contributed by atoms with Crippen LogP contribution in [0.4, 0.5) is 0 Å². The summed E-state index contributed by atoms with van der Waals surface area (Å²) in [5.41, 5.74) is 7.34. The summed E-state index contributed by atoms with van der Waals surface area (Å²) in [6, 6.07) is 21.0. The van der Waals surface area contributed by atoms with Gasteiger partial charge in [-0.2, -0.15) is 5.26 Å². The standard InChI is InChI=1S/C20H14N4OS/c21-11-14-19(26)24-17(22)15-18(25)23-16(12-7-3-1-4-8-12)20(14,15)13-9-5-2-6-10-13/h1-10,14H,22H2,(H,24,26). The molecule has 3 N–H and O–H groups in total. The van der Waals surface area contributed by atoms with Gasteiger partial charge < -0.3 is 11.1 Å². The molecule has 26 heavy (non-hydrogen) atoms. The summed E-state index contributed by atoms with van der Waals surface area (Å²) in [5, 5.41) is 12.8. The Hall–Kier alpha value is -3.30. The van der Waals surface area contributed by atoms with E-state index in [1.54, 1.807) is 0 Å². The van der Waals surface area contributed by atoms with E-state index < -0.39 is 17.2 Å². The van der Waals surface area contributed by atoms with Gasteiger partial charge in [-0.25, -0.2) is 4.99 Å². The SMILES string of the molecule is N#CC1C(=S)NC(N)=C2C(=O)N=C(c3ccccc3)C21c1ccccc1. The summed E-state index contributed by atoms with van der Waals surface area (Å²) in [6.45, 7) is 0. The lowest BCUT2D eigenvalue weighted by Crippen LogP contribution is -2.55. The molecule has 2 aliphatic rings. The van der Waals surface area contributed by atoms with Crippen LogP contribution >= 0.6 is 12.2 Å². The molecule has 0 saturated carbocycles. The van der Waals surface area contributed by atoms with E-state index in [-0.39, 0.29) is 16.4 Å². The molecule has 0 saturated heterocycles. The number of benzene rings is 2. The topological polar surface area (TPSA) is 91.3 Å². The van der Waals surface area contributed by atoms with Crippen molar-refractivity contribution in [3.05, 3.63) is 83.2 Å². The number of fused-ring (bicyclic) bond motifs is 1. The Kier molecular flexibility index (Phi) is 3.67. The van der Waals surface area contributed by atoms with Crippen molar-refractivity contribution < 1.29 is 4.79 Å². The quantitative estimate of drug-likeness (QED) is 0.803. The van der Waals surface area contributed by atoms with Crippen LogP contribution in [0, 0.1) is 17.2 Å². The Morgan fingerprint density at radius 1 is 1.12 bits per heavy atom. The molecule has 2 aromatic rings. The Balaban J connectivity index is 2.13. The number of thiocarbonyl (C=S) groups is 1. The van der Waals surface area contributed by atoms with Gasteiger partial charge >= 0.3 is 0 Å². The van der Waals surface area contributed by atoms with Crippen LogP contribution in [-0.4, -0.2) is 16.6 Å². The van der Waals surface area contributed by atoms with E-state index in [0.717, 1.165) is 11.1 Å². The second-order valence-corrected chi connectivity index (χ2v) is 6.59. The molecule has 126 valence electrons. The number of nitrogens with one attached hydrogen (secondary N) is 1. The van der Waals surface area contributed by atoms with Crippen molar-refractivity contribution in [2.75, 3.05) is 0 Å². The highest BCUT2D eigenvalue weighted by atomic mass is 32.1. The van der Waals surface area contributed by atoms with Gasteiger partial charge in [-0.1, -0.05) is 72.9 Å². The van der Waals surface area contributed by atoms with E-state index in [2.05, 4.69) is 16.4 Å². The fourth-order valence-corrected chi connectivity index (χ4v) is 4.14. The molecule has 0 fully saturated rings. The molecule has 6 heteroatoms. The molecule has 0 aromatic heterocycles. The average molecular weight is 358 g/mol. The summed E-state index contributed by atoms with van der Waals surface area (Å²) >= 11 is 5.43. The first kappa shape index (κ1) is 16.2. The fraction of sp³-hybridized carbons (Fsp3) is 0.100. The third kappa shape index (κ3) is 2.04. The van der Waals surface area contributed by atoms with Gasteiger partial charge in [-0.15, -0.1) is 0 Å². The number of hydrogen-bond donors (Lipinski definition) is 2. The maximum atomic E-state index is 12.8. The minimum atomic E-state index is -1.12. The van der Waals surface area contributed by atoms with Gasteiger partial charge in [0.1, 0.15) is 11.7 Å². The predicted octanol–water partition coefficient (Wildman–Crippen LogP) is 2.19. The first-order valence-corrected chi connectivity index (χ1v) is 8.46. The zero-order chi connectivity index (χ0) is 18.3. The zero-order valence-electron chi connectivity index (χ0n) is 13.6. The molecule has 0 radical (unpaired) electrons. The molecule has 5 nitrogen and oxygen atoms in total. The monoisotopic (exact) mass is 358 g/mol. The summed E-state index contributed by atoms with van der Waals surface area (Å²) < 4.78 is 0. The lowest BCUT2D eigenvalue weighted by Gasteiger charge is -2.40. The maximum Gasteiger partial charge on any atom is 0.278 e. The first-order valence-electron chi connectivity index (χ1n) is 8.06.